The monoisotopic (exact) mass is 308 g/mol. The first-order valence-corrected chi connectivity index (χ1v) is 4.88. The number of hydrogen-bond acceptors (Lipinski definition) is 3. The zero-order valence-electron chi connectivity index (χ0n) is 13.0. The molecule has 2 N–H and O–H groups in total. The second kappa shape index (κ2) is 3.38. The number of halogens is 1. The van der Waals surface area contributed by atoms with Crippen LogP contribution in [0.1, 0.15) is 28.0 Å². The van der Waals surface area contributed by atoms with Crippen LogP contribution in [-0.4, -0.2) is 14.5 Å². The maximum atomic E-state index is 7.50. The quantitative estimate of drug-likeness (QED) is 0.822. The Hall–Kier alpha value is -0.850. The van der Waals surface area contributed by atoms with Crippen molar-refractivity contribution in [2.75, 3.05) is 5.73 Å². The summed E-state index contributed by atoms with van der Waals surface area (Å²) in [6.07, 6.45) is 2.61. The molecule has 0 saturated heterocycles. The zero-order chi connectivity index (χ0) is 15.3. The van der Waals surface area contributed by atoms with Crippen LogP contribution >= 0.6 is 22.6 Å². The molecule has 0 saturated carbocycles. The van der Waals surface area contributed by atoms with E-state index in [4.69, 9.17) is 14.0 Å². The molecule has 2 rings (SSSR count). The first-order valence-electron chi connectivity index (χ1n) is 6.80. The number of aromatic nitrogens is 3. The Labute approximate surface area is 104 Å². The molecule has 0 spiro atoms. The largest absolute Gasteiger partial charge is 0.383 e. The minimum absolute atomic E-state index is 0.188. The molecule has 2 aromatic heterocycles. The highest BCUT2D eigenvalue weighted by Crippen LogP contribution is 2.27. The molecule has 0 bridgehead atoms. The number of fused-ring (bicyclic) bond motifs is 1. The van der Waals surface area contributed by atoms with Crippen LogP contribution < -0.4 is 5.73 Å². The van der Waals surface area contributed by atoms with E-state index in [2.05, 4.69) is 9.97 Å². The number of nitrogen functional groups attached to an aromatic ring is 1. The van der Waals surface area contributed by atoms with Crippen molar-refractivity contribution in [1.29, 1.82) is 0 Å². The summed E-state index contributed by atoms with van der Waals surface area (Å²) in [5.41, 5.74) is 5.95. The van der Waals surface area contributed by atoms with Crippen LogP contribution in [0.3, 0.4) is 0 Å². The molecule has 2 aromatic rings. The highest BCUT2D eigenvalue weighted by Gasteiger charge is 2.12. The van der Waals surface area contributed by atoms with Crippen LogP contribution in [0.4, 0.5) is 5.82 Å². The van der Waals surface area contributed by atoms with Gasteiger partial charge in [0.2, 0.25) is 0 Å². The topological polar surface area (TPSA) is 56.7 Å². The molecule has 0 amide bonds. The molecule has 0 fully saturated rings. The Bertz CT molecular complexity index is 632. The van der Waals surface area contributed by atoms with Gasteiger partial charge in [-0.05, 0) is 36.3 Å². The molecular formula is C9H11IN4. The van der Waals surface area contributed by atoms with E-state index in [0.29, 0.717) is 8.96 Å². The van der Waals surface area contributed by atoms with Gasteiger partial charge in [0, 0.05) is 24.0 Å². The fourth-order valence-corrected chi connectivity index (χ4v) is 2.08. The van der Waals surface area contributed by atoms with Crippen molar-refractivity contribution < 1.29 is 8.22 Å². The van der Waals surface area contributed by atoms with Gasteiger partial charge in [0.25, 0.3) is 0 Å². The van der Waals surface area contributed by atoms with Crippen molar-refractivity contribution in [3.63, 3.8) is 0 Å². The summed E-state index contributed by atoms with van der Waals surface area (Å²) in [5.74, 6) is 0.188. The van der Waals surface area contributed by atoms with Crippen LogP contribution in [0.2, 0.25) is 0 Å². The number of hydrogen-bond donors (Lipinski definition) is 1. The van der Waals surface area contributed by atoms with E-state index < -0.39 is 19.7 Å². The highest BCUT2D eigenvalue weighted by atomic mass is 127. The Morgan fingerprint density at radius 2 is 2.36 bits per heavy atom. The summed E-state index contributed by atoms with van der Waals surface area (Å²) < 4.78 is 46.7. The zero-order valence-corrected chi connectivity index (χ0v) is 9.19. The van der Waals surface area contributed by atoms with Crippen LogP contribution in [0.5, 0.6) is 0 Å². The summed E-state index contributed by atoms with van der Waals surface area (Å²) in [6.45, 7) is -5.39. The molecule has 2 heterocycles. The molecule has 0 aliphatic carbocycles. The fourth-order valence-electron chi connectivity index (χ4n) is 1.26. The van der Waals surface area contributed by atoms with E-state index in [-0.39, 0.29) is 11.5 Å². The average Bonchev–Trinajstić information content (AvgIpc) is 2.53. The second-order valence-corrected chi connectivity index (χ2v) is 3.91. The molecule has 4 nitrogen and oxygen atoms in total. The first-order chi connectivity index (χ1) is 9.03. The van der Waals surface area contributed by atoms with Crippen molar-refractivity contribution in [2.24, 2.45) is 0 Å². The molecule has 0 atom stereocenters. The number of rotatable bonds is 1. The molecule has 0 aromatic carbocycles. The van der Waals surface area contributed by atoms with Gasteiger partial charge < -0.3 is 10.3 Å². The summed E-state index contributed by atoms with van der Waals surface area (Å²) >= 11 is 1.95. The maximum absolute atomic E-state index is 7.50. The third-order valence-electron chi connectivity index (χ3n) is 1.87. The predicted molar refractivity (Wildman–Crippen MR) is 65.0 cm³/mol. The van der Waals surface area contributed by atoms with E-state index in [1.807, 2.05) is 22.6 Å². The minimum Gasteiger partial charge on any atom is -0.383 e. The summed E-state index contributed by atoms with van der Waals surface area (Å²) in [4.78, 5) is 7.81. The highest BCUT2D eigenvalue weighted by molar-refractivity contribution is 14.1. The smallest absolute Gasteiger partial charge is 0.146 e. The van der Waals surface area contributed by atoms with E-state index in [0.717, 1.165) is 4.57 Å². The van der Waals surface area contributed by atoms with Gasteiger partial charge in [-0.25, -0.2) is 9.97 Å². The Kier molecular flexibility index (Phi) is 1.15. The van der Waals surface area contributed by atoms with Gasteiger partial charge >= 0.3 is 0 Å². The van der Waals surface area contributed by atoms with Crippen molar-refractivity contribution in [1.82, 2.24) is 14.5 Å². The lowest BCUT2D eigenvalue weighted by molar-refractivity contribution is 0.617. The predicted octanol–water partition coefficient (Wildman–Crippen LogP) is 2.20. The summed E-state index contributed by atoms with van der Waals surface area (Å²) in [6, 6.07) is -1.68. The minimum atomic E-state index is -2.69. The Morgan fingerprint density at radius 1 is 1.57 bits per heavy atom. The van der Waals surface area contributed by atoms with Crippen LogP contribution in [0, 0.1) is 3.57 Å². The standard InChI is InChI=1S/C9H11IN4/c1-5(2)14-3-6(10)7-8(11)12-4-13-9(7)14/h3-5H,1-2H3,(H2,11,12,13)/i1D3,2D3. The van der Waals surface area contributed by atoms with Gasteiger partial charge in [-0.1, -0.05) is 0 Å². The lowest BCUT2D eigenvalue weighted by atomic mass is 10.3. The molecule has 14 heavy (non-hydrogen) atoms. The summed E-state index contributed by atoms with van der Waals surface area (Å²) in [5, 5.41) is 0.464. The number of nitrogens with two attached hydrogens (primary N) is 1. The van der Waals surface area contributed by atoms with Gasteiger partial charge in [0.1, 0.15) is 17.8 Å². The lowest BCUT2D eigenvalue weighted by Crippen LogP contribution is -2.00. The first kappa shape index (κ1) is 4.78. The molecule has 0 radical (unpaired) electrons. The molecule has 0 unspecified atom stereocenters. The molecule has 5 heteroatoms. The van der Waals surface area contributed by atoms with Gasteiger partial charge in [-0.2, -0.15) is 0 Å². The number of nitrogens with zero attached hydrogens (tertiary/aromatic N) is 3. The summed E-state index contributed by atoms with van der Waals surface area (Å²) in [7, 11) is 0. The molecule has 0 aliphatic rings. The average molecular weight is 308 g/mol. The van der Waals surface area contributed by atoms with E-state index in [1.54, 1.807) is 0 Å². The van der Waals surface area contributed by atoms with Crippen LogP contribution in [0.15, 0.2) is 12.5 Å². The normalized spacial score (nSPS) is 19.6. The SMILES string of the molecule is [2H]C([2H])([2H])C(n1cc(I)c2c(N)ncnc21)C([2H])([2H])[2H]. The molecule has 74 valence electrons. The van der Waals surface area contributed by atoms with Gasteiger partial charge in [0.15, 0.2) is 0 Å². The van der Waals surface area contributed by atoms with Gasteiger partial charge in [-0.3, -0.25) is 0 Å². The van der Waals surface area contributed by atoms with E-state index in [9.17, 15) is 0 Å². The molecule has 0 aliphatic heterocycles. The van der Waals surface area contributed by atoms with Crippen molar-refractivity contribution in [3.05, 3.63) is 16.1 Å². The Morgan fingerprint density at radius 3 is 3.07 bits per heavy atom. The van der Waals surface area contributed by atoms with E-state index in [1.165, 1.54) is 12.5 Å². The van der Waals surface area contributed by atoms with E-state index >= 15 is 0 Å². The van der Waals surface area contributed by atoms with Crippen molar-refractivity contribution >= 4 is 39.4 Å². The van der Waals surface area contributed by atoms with Crippen LogP contribution in [0.25, 0.3) is 11.0 Å². The van der Waals surface area contributed by atoms with Gasteiger partial charge in [-0.15, -0.1) is 0 Å². The fraction of sp³-hybridized carbons (Fsp3) is 0.333. The Balaban J connectivity index is 2.77. The van der Waals surface area contributed by atoms with Gasteiger partial charge in [0.05, 0.1) is 5.39 Å². The van der Waals surface area contributed by atoms with Crippen molar-refractivity contribution in [3.8, 4) is 0 Å². The van der Waals surface area contributed by atoms with Crippen molar-refractivity contribution in [2.45, 2.75) is 19.7 Å². The maximum Gasteiger partial charge on any atom is 0.146 e. The molecular weight excluding hydrogens is 291 g/mol. The third kappa shape index (κ3) is 1.35. The lowest BCUT2D eigenvalue weighted by Gasteiger charge is -2.07. The number of anilines is 1. The second-order valence-electron chi connectivity index (χ2n) is 2.74. The third-order valence-corrected chi connectivity index (χ3v) is 2.69. The van der Waals surface area contributed by atoms with Crippen LogP contribution in [-0.2, 0) is 0 Å².